The molecule has 0 fully saturated rings. The van der Waals surface area contributed by atoms with Crippen LogP contribution < -0.4 is 16.2 Å². The minimum Gasteiger partial charge on any atom is -0.444 e. The highest BCUT2D eigenvalue weighted by Crippen LogP contribution is 2.34. The van der Waals surface area contributed by atoms with Gasteiger partial charge < -0.3 is 24.8 Å². The van der Waals surface area contributed by atoms with Crippen LogP contribution in [0.15, 0.2) is 46.7 Å². The number of nitrogens with zero attached hydrogens (tertiary/aromatic N) is 5. The maximum atomic E-state index is 12.7. The monoisotopic (exact) mass is 507 g/mol. The number of hydrogen-bond donors (Lipinski definition) is 2. The average molecular weight is 508 g/mol. The number of pyridine rings is 1. The molecule has 2 N–H and O–H groups in total. The lowest BCUT2D eigenvalue weighted by atomic mass is 9.97. The average Bonchev–Trinajstić information content (AvgIpc) is 3.51. The molecule has 2 aliphatic heterocycles. The molecule has 0 aromatic carbocycles. The SMILES string of the molecule is Cn1cc(Nc2ncnc3c2CC(C2=CCN(C(=O)OC(C)(C)C)CC2)N3)cc(-c2cncs2)c1=O. The van der Waals surface area contributed by atoms with Gasteiger partial charge in [-0.3, -0.25) is 9.78 Å². The van der Waals surface area contributed by atoms with Crippen molar-refractivity contribution in [2.24, 2.45) is 7.05 Å². The van der Waals surface area contributed by atoms with E-state index < -0.39 is 5.60 Å². The van der Waals surface area contributed by atoms with Gasteiger partial charge in [-0.15, -0.1) is 11.3 Å². The second-order valence-corrected chi connectivity index (χ2v) is 10.8. The third kappa shape index (κ3) is 4.97. The first-order valence-electron chi connectivity index (χ1n) is 11.8. The van der Waals surface area contributed by atoms with Crippen molar-refractivity contribution in [3.63, 3.8) is 0 Å². The number of aryl methyl sites for hydroxylation is 1. The first kappa shape index (κ1) is 24.0. The van der Waals surface area contributed by atoms with Crippen molar-refractivity contribution < 1.29 is 9.53 Å². The van der Waals surface area contributed by atoms with Gasteiger partial charge in [0.05, 0.1) is 27.7 Å². The number of amides is 1. The van der Waals surface area contributed by atoms with E-state index in [-0.39, 0.29) is 17.7 Å². The Labute approximate surface area is 213 Å². The highest BCUT2D eigenvalue weighted by Gasteiger charge is 2.31. The second-order valence-electron chi connectivity index (χ2n) is 9.96. The Morgan fingerprint density at radius 1 is 1.31 bits per heavy atom. The van der Waals surface area contributed by atoms with E-state index >= 15 is 0 Å². The van der Waals surface area contributed by atoms with Crippen molar-refractivity contribution >= 4 is 34.8 Å². The maximum absolute atomic E-state index is 12.7. The Hall–Kier alpha value is -3.73. The third-order valence-corrected chi connectivity index (χ3v) is 6.96. The van der Waals surface area contributed by atoms with Gasteiger partial charge in [0.25, 0.3) is 5.56 Å². The van der Waals surface area contributed by atoms with Gasteiger partial charge in [0.2, 0.25) is 0 Å². The van der Waals surface area contributed by atoms with Gasteiger partial charge in [-0.2, -0.15) is 0 Å². The molecule has 188 valence electrons. The number of fused-ring (bicyclic) bond motifs is 1. The van der Waals surface area contributed by atoms with Gasteiger partial charge in [0.1, 0.15) is 23.6 Å². The van der Waals surface area contributed by atoms with E-state index in [1.165, 1.54) is 23.2 Å². The standard InChI is InChI=1S/C25H29N7O3S/c1-25(2,3)35-24(34)32-7-5-15(6-8-32)19-10-18-21(27-13-28-22(18)30-19)29-16-9-17(20-11-26-14-36-20)23(33)31(4)12-16/h5,9,11-14,19H,6-8,10H2,1-4H3,(H2,27,28,29,30). The molecule has 0 spiro atoms. The van der Waals surface area contributed by atoms with Gasteiger partial charge in [0, 0.05) is 44.5 Å². The zero-order valence-electron chi connectivity index (χ0n) is 20.7. The minimum absolute atomic E-state index is 0.0795. The van der Waals surface area contributed by atoms with Gasteiger partial charge in [-0.1, -0.05) is 6.08 Å². The van der Waals surface area contributed by atoms with E-state index in [1.807, 2.05) is 26.8 Å². The Morgan fingerprint density at radius 2 is 2.14 bits per heavy atom. The summed E-state index contributed by atoms with van der Waals surface area (Å²) in [5.41, 5.74) is 4.71. The van der Waals surface area contributed by atoms with E-state index in [9.17, 15) is 9.59 Å². The topological polar surface area (TPSA) is 114 Å². The summed E-state index contributed by atoms with van der Waals surface area (Å²) in [6, 6.07) is 1.92. The van der Waals surface area contributed by atoms with Crippen LogP contribution in [-0.4, -0.2) is 55.2 Å². The van der Waals surface area contributed by atoms with Gasteiger partial charge in [-0.05, 0) is 38.8 Å². The molecular weight excluding hydrogens is 478 g/mol. The predicted molar refractivity (Wildman–Crippen MR) is 140 cm³/mol. The van der Waals surface area contributed by atoms with Crippen LogP contribution in [0.4, 0.5) is 22.1 Å². The van der Waals surface area contributed by atoms with Crippen molar-refractivity contribution in [3.8, 4) is 10.4 Å². The molecular formula is C25H29N7O3S. The van der Waals surface area contributed by atoms with Gasteiger partial charge >= 0.3 is 6.09 Å². The lowest BCUT2D eigenvalue weighted by Gasteiger charge is -2.31. The van der Waals surface area contributed by atoms with Crippen LogP contribution in [0.1, 0.15) is 32.8 Å². The molecule has 1 unspecified atom stereocenters. The summed E-state index contributed by atoms with van der Waals surface area (Å²) in [6.45, 7) is 6.76. The van der Waals surface area contributed by atoms with Crippen molar-refractivity contribution in [1.82, 2.24) is 24.4 Å². The summed E-state index contributed by atoms with van der Waals surface area (Å²) in [5.74, 6) is 1.50. The molecule has 10 nitrogen and oxygen atoms in total. The number of aromatic nitrogens is 4. The molecule has 1 amide bonds. The highest BCUT2D eigenvalue weighted by atomic mass is 32.1. The molecule has 3 aromatic rings. The van der Waals surface area contributed by atoms with Crippen LogP contribution in [0.2, 0.25) is 0 Å². The van der Waals surface area contributed by atoms with Gasteiger partial charge in [-0.25, -0.2) is 14.8 Å². The summed E-state index contributed by atoms with van der Waals surface area (Å²) in [6.07, 6.45) is 8.30. The molecule has 36 heavy (non-hydrogen) atoms. The van der Waals surface area contributed by atoms with E-state index in [2.05, 4.69) is 31.7 Å². The summed E-state index contributed by atoms with van der Waals surface area (Å²) < 4.78 is 7.06. The molecule has 0 saturated heterocycles. The normalized spacial score (nSPS) is 17.3. The number of anilines is 3. The summed E-state index contributed by atoms with van der Waals surface area (Å²) >= 11 is 1.43. The Kier molecular flexibility index (Phi) is 6.25. The number of nitrogens with one attached hydrogen (secondary N) is 2. The number of rotatable bonds is 4. The summed E-state index contributed by atoms with van der Waals surface area (Å²) in [7, 11) is 1.73. The smallest absolute Gasteiger partial charge is 0.410 e. The Morgan fingerprint density at radius 3 is 2.83 bits per heavy atom. The van der Waals surface area contributed by atoms with Crippen molar-refractivity contribution in [1.29, 1.82) is 0 Å². The zero-order chi connectivity index (χ0) is 25.4. The number of hydrogen-bond acceptors (Lipinski definition) is 9. The summed E-state index contributed by atoms with van der Waals surface area (Å²) in [4.78, 5) is 40.6. The fourth-order valence-corrected chi connectivity index (χ4v) is 5.05. The quantitative estimate of drug-likeness (QED) is 0.511. The van der Waals surface area contributed by atoms with Crippen LogP contribution in [0, 0.1) is 0 Å². The number of carbonyl (C=O) groups excluding carboxylic acids is 1. The zero-order valence-corrected chi connectivity index (χ0v) is 21.6. The maximum Gasteiger partial charge on any atom is 0.410 e. The molecule has 3 aromatic heterocycles. The van der Waals surface area contributed by atoms with E-state index in [4.69, 9.17) is 4.74 Å². The highest BCUT2D eigenvalue weighted by molar-refractivity contribution is 7.13. The minimum atomic E-state index is -0.510. The molecule has 2 aliphatic rings. The Balaban J connectivity index is 1.32. The van der Waals surface area contributed by atoms with Gasteiger partial charge in [0.15, 0.2) is 0 Å². The lowest BCUT2D eigenvalue weighted by molar-refractivity contribution is 0.0265. The molecule has 0 bridgehead atoms. The number of ether oxygens (including phenoxy) is 1. The summed E-state index contributed by atoms with van der Waals surface area (Å²) in [5, 5.41) is 6.90. The molecule has 0 radical (unpaired) electrons. The fraction of sp³-hybridized carbons (Fsp3) is 0.400. The number of carbonyl (C=O) groups is 1. The van der Waals surface area contributed by atoms with Crippen LogP contribution in [0.5, 0.6) is 0 Å². The van der Waals surface area contributed by atoms with Crippen LogP contribution in [0.25, 0.3) is 10.4 Å². The van der Waals surface area contributed by atoms with E-state index in [1.54, 1.807) is 34.4 Å². The molecule has 5 rings (SSSR count). The largest absolute Gasteiger partial charge is 0.444 e. The molecule has 0 aliphatic carbocycles. The van der Waals surface area contributed by atoms with Crippen molar-refractivity contribution in [2.75, 3.05) is 23.7 Å². The molecule has 0 saturated carbocycles. The van der Waals surface area contributed by atoms with E-state index in [0.29, 0.717) is 24.5 Å². The molecule has 5 heterocycles. The van der Waals surface area contributed by atoms with Crippen molar-refractivity contribution in [3.05, 3.63) is 57.9 Å². The first-order chi connectivity index (χ1) is 17.2. The first-order valence-corrected chi connectivity index (χ1v) is 12.7. The Bertz CT molecular complexity index is 1380. The third-order valence-electron chi connectivity index (χ3n) is 6.15. The van der Waals surface area contributed by atoms with Crippen LogP contribution in [-0.2, 0) is 18.2 Å². The predicted octanol–water partition coefficient (Wildman–Crippen LogP) is 3.95. The molecule has 1 atom stereocenters. The fourth-order valence-electron chi connectivity index (χ4n) is 4.42. The number of thiazole rings is 1. The second kappa shape index (κ2) is 9.38. The molecule has 11 heteroatoms. The van der Waals surface area contributed by atoms with Crippen molar-refractivity contribution in [2.45, 2.75) is 45.3 Å². The lowest BCUT2D eigenvalue weighted by Crippen LogP contribution is -2.40. The van der Waals surface area contributed by atoms with E-state index in [0.717, 1.165) is 34.8 Å². The van der Waals surface area contributed by atoms with Crippen LogP contribution >= 0.6 is 11.3 Å². The van der Waals surface area contributed by atoms with Crippen LogP contribution in [0.3, 0.4) is 0 Å².